The highest BCUT2D eigenvalue weighted by Gasteiger charge is 2.20. The van der Waals surface area contributed by atoms with Crippen LogP contribution in [0.4, 0.5) is 21.6 Å². The number of nitrogens with one attached hydrogen (secondary N) is 2. The number of hydrogen-bond donors (Lipinski definition) is 3. The van der Waals surface area contributed by atoms with E-state index in [-0.39, 0.29) is 23.1 Å². The van der Waals surface area contributed by atoms with Crippen molar-refractivity contribution in [3.8, 4) is 11.6 Å². The number of ether oxygens (including phenoxy) is 1. The monoisotopic (exact) mass is 425 g/mol. The molecule has 2 aromatic heterocycles. The van der Waals surface area contributed by atoms with Gasteiger partial charge in [-0.25, -0.2) is 9.37 Å². The number of anilines is 3. The van der Waals surface area contributed by atoms with Gasteiger partial charge in [-0.2, -0.15) is 10.1 Å². The molecule has 3 aromatic rings. The lowest BCUT2D eigenvalue weighted by Gasteiger charge is -2.14. The Labute approximate surface area is 176 Å². The summed E-state index contributed by atoms with van der Waals surface area (Å²) in [5.41, 5.74) is 6.49. The molecule has 10 nitrogen and oxygen atoms in total. The highest BCUT2D eigenvalue weighted by molar-refractivity contribution is 5.99. The zero-order chi connectivity index (χ0) is 22.5. The molecule has 0 unspecified atom stereocenters. The SMILES string of the molecule is C=CC(=O)Nc1ccc(F)c(Oc2nc(Nc3cnn(C)c3)c(C(N)=O)nc2CC)c1. The molecule has 0 atom stereocenters. The quantitative estimate of drug-likeness (QED) is 0.472. The predicted molar refractivity (Wildman–Crippen MR) is 112 cm³/mol. The van der Waals surface area contributed by atoms with E-state index in [0.29, 0.717) is 23.5 Å². The number of amides is 2. The van der Waals surface area contributed by atoms with E-state index in [2.05, 4.69) is 32.3 Å². The Bertz CT molecular complexity index is 1160. The third-order valence-corrected chi connectivity index (χ3v) is 4.06. The molecule has 0 fully saturated rings. The molecule has 0 aliphatic heterocycles. The Morgan fingerprint density at radius 3 is 2.71 bits per heavy atom. The second-order valence-electron chi connectivity index (χ2n) is 6.36. The van der Waals surface area contributed by atoms with E-state index >= 15 is 0 Å². The number of halogens is 1. The fraction of sp³-hybridized carbons (Fsp3) is 0.150. The highest BCUT2D eigenvalue weighted by Crippen LogP contribution is 2.30. The summed E-state index contributed by atoms with van der Waals surface area (Å²) in [5, 5.41) is 9.46. The van der Waals surface area contributed by atoms with Gasteiger partial charge in [-0.1, -0.05) is 13.5 Å². The number of rotatable bonds is 8. The lowest BCUT2D eigenvalue weighted by Crippen LogP contribution is -2.18. The van der Waals surface area contributed by atoms with Crippen LogP contribution in [0.2, 0.25) is 0 Å². The van der Waals surface area contributed by atoms with Crippen LogP contribution in [-0.4, -0.2) is 31.6 Å². The number of primary amides is 1. The van der Waals surface area contributed by atoms with Crippen LogP contribution in [-0.2, 0) is 18.3 Å². The first-order valence-electron chi connectivity index (χ1n) is 9.18. The fourth-order valence-electron chi connectivity index (χ4n) is 2.60. The Morgan fingerprint density at radius 1 is 1.32 bits per heavy atom. The second kappa shape index (κ2) is 9.03. The van der Waals surface area contributed by atoms with Gasteiger partial charge in [-0.15, -0.1) is 0 Å². The summed E-state index contributed by atoms with van der Waals surface area (Å²) in [6.45, 7) is 5.14. The van der Waals surface area contributed by atoms with Crippen LogP contribution in [0.1, 0.15) is 23.1 Å². The van der Waals surface area contributed by atoms with Gasteiger partial charge in [0, 0.05) is 25.0 Å². The molecule has 0 aliphatic rings. The maximum atomic E-state index is 14.4. The first-order valence-corrected chi connectivity index (χ1v) is 9.18. The van der Waals surface area contributed by atoms with Gasteiger partial charge >= 0.3 is 0 Å². The molecular formula is C20H20FN7O3. The number of nitrogens with zero attached hydrogens (tertiary/aromatic N) is 4. The summed E-state index contributed by atoms with van der Waals surface area (Å²) in [6, 6.07) is 3.81. The van der Waals surface area contributed by atoms with Crippen LogP contribution in [0.25, 0.3) is 0 Å². The third-order valence-electron chi connectivity index (χ3n) is 4.06. The van der Waals surface area contributed by atoms with E-state index in [0.717, 1.165) is 12.1 Å². The van der Waals surface area contributed by atoms with E-state index < -0.39 is 17.6 Å². The van der Waals surface area contributed by atoms with Crippen molar-refractivity contribution in [3.63, 3.8) is 0 Å². The van der Waals surface area contributed by atoms with Crippen molar-refractivity contribution in [2.75, 3.05) is 10.6 Å². The molecule has 2 amide bonds. The summed E-state index contributed by atoms with van der Waals surface area (Å²) in [6.07, 6.45) is 4.60. The lowest BCUT2D eigenvalue weighted by molar-refractivity contribution is -0.111. The van der Waals surface area contributed by atoms with Crippen LogP contribution >= 0.6 is 0 Å². The van der Waals surface area contributed by atoms with Gasteiger partial charge in [0.1, 0.15) is 5.69 Å². The third kappa shape index (κ3) is 5.01. The summed E-state index contributed by atoms with van der Waals surface area (Å²) < 4.78 is 21.6. The molecule has 3 rings (SSSR count). The van der Waals surface area contributed by atoms with Crippen LogP contribution in [0.5, 0.6) is 11.6 Å². The van der Waals surface area contributed by atoms with Crippen molar-refractivity contribution in [1.29, 1.82) is 0 Å². The summed E-state index contributed by atoms with van der Waals surface area (Å²) >= 11 is 0. The maximum absolute atomic E-state index is 14.4. The van der Waals surface area contributed by atoms with Crippen LogP contribution in [0.15, 0.2) is 43.2 Å². The average molecular weight is 425 g/mol. The van der Waals surface area contributed by atoms with Gasteiger partial charge in [-0.3, -0.25) is 14.3 Å². The zero-order valence-corrected chi connectivity index (χ0v) is 16.8. The highest BCUT2D eigenvalue weighted by atomic mass is 19.1. The minimum Gasteiger partial charge on any atom is -0.434 e. The summed E-state index contributed by atoms with van der Waals surface area (Å²) in [4.78, 5) is 32.0. The van der Waals surface area contributed by atoms with Crippen molar-refractivity contribution in [2.45, 2.75) is 13.3 Å². The molecule has 0 saturated carbocycles. The topological polar surface area (TPSA) is 137 Å². The van der Waals surface area contributed by atoms with Gasteiger partial charge < -0.3 is 21.1 Å². The smallest absolute Gasteiger partial charge is 0.271 e. The predicted octanol–water partition coefficient (Wildman–Crippen LogP) is 2.67. The minimum absolute atomic E-state index is 0.0232. The number of carbonyl (C=O) groups is 2. The number of nitrogens with two attached hydrogens (primary N) is 1. The molecule has 11 heteroatoms. The van der Waals surface area contributed by atoms with Crippen molar-refractivity contribution in [1.82, 2.24) is 19.7 Å². The number of aromatic nitrogens is 4. The Hall–Kier alpha value is -4.28. The molecule has 160 valence electrons. The molecule has 1 aromatic carbocycles. The Kier molecular flexibility index (Phi) is 6.24. The molecule has 0 bridgehead atoms. The van der Waals surface area contributed by atoms with Gasteiger partial charge in [0.05, 0.1) is 11.9 Å². The Morgan fingerprint density at radius 2 is 2.10 bits per heavy atom. The van der Waals surface area contributed by atoms with E-state index in [1.54, 1.807) is 24.9 Å². The summed E-state index contributed by atoms with van der Waals surface area (Å²) in [7, 11) is 1.72. The molecular weight excluding hydrogens is 405 g/mol. The lowest BCUT2D eigenvalue weighted by atomic mass is 10.2. The van der Waals surface area contributed by atoms with Crippen molar-refractivity contribution < 1.29 is 18.7 Å². The van der Waals surface area contributed by atoms with Crippen molar-refractivity contribution >= 4 is 29.0 Å². The van der Waals surface area contributed by atoms with Gasteiger partial charge in [0.25, 0.3) is 5.91 Å². The number of benzene rings is 1. The van der Waals surface area contributed by atoms with Crippen molar-refractivity contribution in [2.24, 2.45) is 12.8 Å². The molecule has 31 heavy (non-hydrogen) atoms. The van der Waals surface area contributed by atoms with Gasteiger partial charge in [0.15, 0.2) is 23.1 Å². The summed E-state index contributed by atoms with van der Waals surface area (Å²) in [5.74, 6) is -2.11. The number of carbonyl (C=O) groups excluding carboxylic acids is 2. The van der Waals surface area contributed by atoms with E-state index in [1.165, 1.54) is 18.3 Å². The Balaban J connectivity index is 2.01. The number of aryl methyl sites for hydroxylation is 2. The average Bonchev–Trinajstić information content (AvgIpc) is 3.14. The first-order chi connectivity index (χ1) is 14.8. The van der Waals surface area contributed by atoms with Gasteiger partial charge in [-0.05, 0) is 24.6 Å². The first kappa shape index (κ1) is 21.4. The van der Waals surface area contributed by atoms with E-state index in [4.69, 9.17) is 10.5 Å². The fourth-order valence-corrected chi connectivity index (χ4v) is 2.60. The van der Waals surface area contributed by atoms with Crippen molar-refractivity contribution in [3.05, 3.63) is 60.5 Å². The second-order valence-corrected chi connectivity index (χ2v) is 6.36. The normalized spacial score (nSPS) is 10.4. The maximum Gasteiger partial charge on any atom is 0.271 e. The molecule has 0 saturated heterocycles. The molecule has 0 spiro atoms. The van der Waals surface area contributed by atoms with Crippen LogP contribution in [0, 0.1) is 5.82 Å². The van der Waals surface area contributed by atoms with E-state index in [1.807, 2.05) is 0 Å². The van der Waals surface area contributed by atoms with Gasteiger partial charge in [0.2, 0.25) is 11.8 Å². The largest absolute Gasteiger partial charge is 0.434 e. The zero-order valence-electron chi connectivity index (χ0n) is 16.8. The molecule has 0 aliphatic carbocycles. The van der Waals surface area contributed by atoms with Crippen LogP contribution in [0.3, 0.4) is 0 Å². The van der Waals surface area contributed by atoms with Crippen LogP contribution < -0.4 is 21.1 Å². The molecule has 0 radical (unpaired) electrons. The number of hydrogen-bond acceptors (Lipinski definition) is 7. The molecule has 2 heterocycles. The van der Waals surface area contributed by atoms with E-state index in [9.17, 15) is 14.0 Å². The minimum atomic E-state index is -0.791. The molecule has 4 N–H and O–H groups in total. The standard InChI is InChI=1S/C20H20FN7O3/c1-4-14-20(31-15-8-11(6-7-13(15)21)24-16(29)5-2)27-19(17(26-14)18(22)30)25-12-9-23-28(3)10-12/h5-10H,2,4H2,1,3H3,(H2,22,30)(H,24,29)(H,25,27).